The van der Waals surface area contributed by atoms with Crippen molar-refractivity contribution >= 4 is 0 Å². The highest BCUT2D eigenvalue weighted by Gasteiger charge is 2.31. The maximum atomic E-state index is 5.58. The molecular formula is C11H24N2. The topological polar surface area (TPSA) is 38.0 Å². The van der Waals surface area contributed by atoms with Gasteiger partial charge in [0.1, 0.15) is 0 Å². The molecule has 0 aromatic rings. The third-order valence-corrected chi connectivity index (χ3v) is 3.59. The van der Waals surface area contributed by atoms with E-state index in [1.165, 1.54) is 38.6 Å². The molecule has 13 heavy (non-hydrogen) atoms. The predicted molar refractivity (Wildman–Crippen MR) is 57.7 cm³/mol. The Morgan fingerprint density at radius 3 is 2.46 bits per heavy atom. The van der Waals surface area contributed by atoms with Crippen molar-refractivity contribution in [3.05, 3.63) is 0 Å². The van der Waals surface area contributed by atoms with E-state index < -0.39 is 0 Å². The first-order valence-electron chi connectivity index (χ1n) is 5.66. The molecule has 0 radical (unpaired) electrons. The fraction of sp³-hybridized carbons (Fsp3) is 1.00. The van der Waals surface area contributed by atoms with Crippen molar-refractivity contribution in [1.29, 1.82) is 0 Å². The minimum Gasteiger partial charge on any atom is -0.329 e. The average molecular weight is 184 g/mol. The Morgan fingerprint density at radius 1 is 1.38 bits per heavy atom. The smallest absolute Gasteiger partial charge is 0.0162 e. The molecule has 1 saturated carbocycles. The summed E-state index contributed by atoms with van der Waals surface area (Å²) in [6, 6.07) is 0.476. The van der Waals surface area contributed by atoms with Crippen molar-refractivity contribution in [2.45, 2.75) is 52.0 Å². The van der Waals surface area contributed by atoms with Crippen LogP contribution in [0.25, 0.3) is 0 Å². The summed E-state index contributed by atoms with van der Waals surface area (Å²) in [6.45, 7) is 6.40. The van der Waals surface area contributed by atoms with Crippen LogP contribution in [-0.4, -0.2) is 19.1 Å². The molecule has 0 aromatic carbocycles. The minimum atomic E-state index is 0.476. The highest BCUT2D eigenvalue weighted by molar-refractivity contribution is 4.86. The van der Waals surface area contributed by atoms with Gasteiger partial charge in [-0.3, -0.25) is 0 Å². The Labute approximate surface area is 82.3 Å². The molecule has 2 heteroatoms. The molecule has 0 aromatic heterocycles. The highest BCUT2D eigenvalue weighted by Crippen LogP contribution is 2.40. The van der Waals surface area contributed by atoms with Crippen LogP contribution in [0.3, 0.4) is 0 Å². The van der Waals surface area contributed by atoms with E-state index >= 15 is 0 Å². The van der Waals surface area contributed by atoms with Crippen LogP contribution in [0.5, 0.6) is 0 Å². The molecule has 78 valence electrons. The first-order valence-corrected chi connectivity index (χ1v) is 5.66. The third-order valence-electron chi connectivity index (χ3n) is 3.59. The summed E-state index contributed by atoms with van der Waals surface area (Å²) < 4.78 is 0. The molecule has 0 heterocycles. The lowest BCUT2D eigenvalue weighted by Crippen LogP contribution is -2.40. The normalized spacial score (nSPS) is 23.3. The van der Waals surface area contributed by atoms with E-state index in [0.717, 1.165) is 6.54 Å². The molecule has 1 aliphatic rings. The van der Waals surface area contributed by atoms with Gasteiger partial charge in [0.25, 0.3) is 0 Å². The molecule has 1 fully saturated rings. The molecule has 1 aliphatic carbocycles. The van der Waals surface area contributed by atoms with Crippen molar-refractivity contribution in [3.8, 4) is 0 Å². The summed E-state index contributed by atoms with van der Waals surface area (Å²) in [7, 11) is 0. The van der Waals surface area contributed by atoms with Crippen LogP contribution in [0.2, 0.25) is 0 Å². The van der Waals surface area contributed by atoms with Gasteiger partial charge in [-0.1, -0.05) is 19.8 Å². The molecule has 0 unspecified atom stereocenters. The second-order valence-corrected chi connectivity index (χ2v) is 4.58. The van der Waals surface area contributed by atoms with E-state index in [2.05, 4.69) is 19.2 Å². The van der Waals surface area contributed by atoms with Crippen LogP contribution in [0, 0.1) is 5.41 Å². The van der Waals surface area contributed by atoms with Gasteiger partial charge in [0.15, 0.2) is 0 Å². The third kappa shape index (κ3) is 2.96. The van der Waals surface area contributed by atoms with Crippen LogP contribution in [0.15, 0.2) is 0 Å². The molecule has 0 bridgehead atoms. The van der Waals surface area contributed by atoms with Crippen molar-refractivity contribution in [2.24, 2.45) is 11.1 Å². The van der Waals surface area contributed by atoms with E-state index in [1.807, 2.05) is 0 Å². The van der Waals surface area contributed by atoms with Crippen LogP contribution in [0.1, 0.15) is 46.0 Å². The fourth-order valence-electron chi connectivity index (χ4n) is 2.25. The zero-order valence-corrected chi connectivity index (χ0v) is 9.10. The standard InChI is InChI=1S/C11H24N2/c1-3-11(6-4-5-7-11)9-13-10(2)8-12/h10,13H,3-9,12H2,1-2H3/t10-/m1/s1. The van der Waals surface area contributed by atoms with Gasteiger partial charge in [-0.15, -0.1) is 0 Å². The van der Waals surface area contributed by atoms with Gasteiger partial charge in [-0.2, -0.15) is 0 Å². The molecule has 0 spiro atoms. The minimum absolute atomic E-state index is 0.476. The second kappa shape index (κ2) is 4.97. The van der Waals surface area contributed by atoms with E-state index in [1.54, 1.807) is 0 Å². The zero-order valence-electron chi connectivity index (χ0n) is 9.10. The van der Waals surface area contributed by atoms with Crippen molar-refractivity contribution in [1.82, 2.24) is 5.32 Å². The fourth-order valence-corrected chi connectivity index (χ4v) is 2.25. The number of hydrogen-bond acceptors (Lipinski definition) is 2. The zero-order chi connectivity index (χ0) is 9.73. The predicted octanol–water partition coefficient (Wildman–Crippen LogP) is 1.89. The lowest BCUT2D eigenvalue weighted by Gasteiger charge is -2.29. The monoisotopic (exact) mass is 184 g/mol. The lowest BCUT2D eigenvalue weighted by molar-refractivity contribution is 0.259. The van der Waals surface area contributed by atoms with Crippen molar-refractivity contribution in [2.75, 3.05) is 13.1 Å². The van der Waals surface area contributed by atoms with Crippen molar-refractivity contribution in [3.63, 3.8) is 0 Å². The van der Waals surface area contributed by atoms with Crippen LogP contribution >= 0.6 is 0 Å². The summed E-state index contributed by atoms with van der Waals surface area (Å²) >= 11 is 0. The van der Waals surface area contributed by atoms with Crippen LogP contribution in [-0.2, 0) is 0 Å². The molecule has 0 amide bonds. The van der Waals surface area contributed by atoms with E-state index in [0.29, 0.717) is 11.5 Å². The molecular weight excluding hydrogens is 160 g/mol. The van der Waals surface area contributed by atoms with Gasteiger partial charge in [-0.25, -0.2) is 0 Å². The quantitative estimate of drug-likeness (QED) is 0.685. The number of hydrogen-bond donors (Lipinski definition) is 2. The molecule has 3 N–H and O–H groups in total. The van der Waals surface area contributed by atoms with E-state index in [9.17, 15) is 0 Å². The van der Waals surface area contributed by atoms with Gasteiger partial charge < -0.3 is 11.1 Å². The summed E-state index contributed by atoms with van der Waals surface area (Å²) in [5.41, 5.74) is 6.18. The summed E-state index contributed by atoms with van der Waals surface area (Å²) in [5.74, 6) is 0. The van der Waals surface area contributed by atoms with Crippen LogP contribution < -0.4 is 11.1 Å². The Balaban J connectivity index is 2.31. The van der Waals surface area contributed by atoms with E-state index in [-0.39, 0.29) is 0 Å². The summed E-state index contributed by atoms with van der Waals surface area (Å²) in [4.78, 5) is 0. The second-order valence-electron chi connectivity index (χ2n) is 4.58. The Kier molecular flexibility index (Phi) is 4.20. The van der Waals surface area contributed by atoms with Gasteiger partial charge >= 0.3 is 0 Å². The van der Waals surface area contributed by atoms with Crippen molar-refractivity contribution < 1.29 is 0 Å². The molecule has 1 atom stereocenters. The van der Waals surface area contributed by atoms with Gasteiger partial charge in [0.05, 0.1) is 0 Å². The first-order chi connectivity index (χ1) is 6.22. The summed E-state index contributed by atoms with van der Waals surface area (Å²) in [5, 5.41) is 3.54. The number of nitrogens with two attached hydrogens (primary N) is 1. The Morgan fingerprint density at radius 2 is 2.00 bits per heavy atom. The van der Waals surface area contributed by atoms with Gasteiger partial charge in [-0.05, 0) is 31.6 Å². The van der Waals surface area contributed by atoms with Gasteiger partial charge in [0, 0.05) is 19.1 Å². The Bertz CT molecular complexity index is 139. The maximum Gasteiger partial charge on any atom is 0.0162 e. The Hall–Kier alpha value is -0.0800. The molecule has 1 rings (SSSR count). The lowest BCUT2D eigenvalue weighted by atomic mass is 9.83. The average Bonchev–Trinajstić information content (AvgIpc) is 2.63. The van der Waals surface area contributed by atoms with Crippen LogP contribution in [0.4, 0.5) is 0 Å². The molecule has 0 saturated heterocycles. The molecule has 0 aliphatic heterocycles. The maximum absolute atomic E-state index is 5.58. The number of nitrogens with one attached hydrogen (secondary N) is 1. The first kappa shape index (κ1) is 11.0. The SMILES string of the molecule is CCC1(CN[C@H](C)CN)CCCC1. The summed E-state index contributed by atoms with van der Waals surface area (Å²) in [6.07, 6.45) is 6.98. The number of rotatable bonds is 5. The molecule has 2 nitrogen and oxygen atoms in total. The van der Waals surface area contributed by atoms with E-state index in [4.69, 9.17) is 5.73 Å². The van der Waals surface area contributed by atoms with Gasteiger partial charge in [0.2, 0.25) is 0 Å². The largest absolute Gasteiger partial charge is 0.329 e. The highest BCUT2D eigenvalue weighted by atomic mass is 14.9.